The van der Waals surface area contributed by atoms with Gasteiger partial charge >= 0.3 is 12.2 Å². The van der Waals surface area contributed by atoms with Gasteiger partial charge in [0.15, 0.2) is 6.61 Å². The van der Waals surface area contributed by atoms with Gasteiger partial charge in [-0.1, -0.05) is 6.07 Å². The van der Waals surface area contributed by atoms with Gasteiger partial charge in [-0.05, 0) is 43.7 Å². The molecule has 0 saturated heterocycles. The first-order chi connectivity index (χ1) is 11.8. The molecule has 0 aliphatic heterocycles. The average molecular weight is 353 g/mol. The molecule has 25 heavy (non-hydrogen) atoms. The lowest BCUT2D eigenvalue weighted by atomic mass is 10.1. The quantitative estimate of drug-likeness (QED) is 0.846. The molecular formula is C17H18F3N3O2. The first kappa shape index (κ1) is 18.6. The van der Waals surface area contributed by atoms with Gasteiger partial charge in [0, 0.05) is 23.6 Å². The number of anilines is 1. The molecule has 1 atom stereocenters. The third-order valence-electron chi connectivity index (χ3n) is 3.48. The second kappa shape index (κ2) is 7.87. The largest absolute Gasteiger partial charge is 0.484 e. The predicted molar refractivity (Wildman–Crippen MR) is 87.5 cm³/mol. The van der Waals surface area contributed by atoms with E-state index < -0.39 is 18.8 Å². The fourth-order valence-corrected chi connectivity index (χ4v) is 2.16. The van der Waals surface area contributed by atoms with Gasteiger partial charge in [-0.25, -0.2) is 4.79 Å². The number of aromatic nitrogens is 1. The second-order valence-corrected chi connectivity index (χ2v) is 5.43. The number of ether oxygens (including phenoxy) is 1. The number of urea groups is 1. The van der Waals surface area contributed by atoms with Crippen LogP contribution in [0.15, 0.2) is 42.7 Å². The Kier molecular flexibility index (Phi) is 5.84. The molecule has 0 aliphatic rings. The molecule has 0 spiro atoms. The van der Waals surface area contributed by atoms with Crippen LogP contribution in [0, 0.1) is 6.92 Å². The maximum Gasteiger partial charge on any atom is 0.422 e. The van der Waals surface area contributed by atoms with Crippen molar-refractivity contribution in [2.75, 3.05) is 11.9 Å². The minimum absolute atomic E-state index is 0.0670. The summed E-state index contributed by atoms with van der Waals surface area (Å²) in [5, 5.41) is 5.37. The van der Waals surface area contributed by atoms with Crippen LogP contribution in [0.4, 0.5) is 23.7 Å². The highest BCUT2D eigenvalue weighted by Crippen LogP contribution is 2.27. The fourth-order valence-electron chi connectivity index (χ4n) is 2.16. The number of amides is 2. The summed E-state index contributed by atoms with van der Waals surface area (Å²) < 4.78 is 41.6. The number of pyridine rings is 1. The summed E-state index contributed by atoms with van der Waals surface area (Å²) in [7, 11) is 0. The van der Waals surface area contributed by atoms with E-state index in [0.29, 0.717) is 11.3 Å². The lowest BCUT2D eigenvalue weighted by Crippen LogP contribution is -2.31. The first-order valence-corrected chi connectivity index (χ1v) is 7.53. The van der Waals surface area contributed by atoms with Crippen molar-refractivity contribution in [1.82, 2.24) is 10.3 Å². The van der Waals surface area contributed by atoms with Gasteiger partial charge in [-0.15, -0.1) is 0 Å². The summed E-state index contributed by atoms with van der Waals surface area (Å²) >= 11 is 0. The molecule has 0 radical (unpaired) electrons. The molecular weight excluding hydrogens is 335 g/mol. The normalized spacial score (nSPS) is 12.4. The van der Waals surface area contributed by atoms with E-state index in [1.54, 1.807) is 37.5 Å². The van der Waals surface area contributed by atoms with E-state index in [-0.39, 0.29) is 11.8 Å². The number of nitrogens with one attached hydrogen (secondary N) is 2. The van der Waals surface area contributed by atoms with Crippen LogP contribution in [0.2, 0.25) is 0 Å². The van der Waals surface area contributed by atoms with Crippen molar-refractivity contribution in [2.24, 2.45) is 0 Å². The zero-order chi connectivity index (χ0) is 18.4. The summed E-state index contributed by atoms with van der Waals surface area (Å²) in [5.41, 5.74) is 1.67. The van der Waals surface area contributed by atoms with E-state index in [9.17, 15) is 18.0 Å². The van der Waals surface area contributed by atoms with Crippen molar-refractivity contribution in [3.8, 4) is 5.75 Å². The van der Waals surface area contributed by atoms with Crippen molar-refractivity contribution < 1.29 is 22.7 Å². The Morgan fingerprint density at radius 3 is 2.56 bits per heavy atom. The van der Waals surface area contributed by atoms with Gasteiger partial charge in [0.25, 0.3) is 0 Å². The molecule has 0 fully saturated rings. The van der Waals surface area contributed by atoms with Crippen LogP contribution in [-0.4, -0.2) is 23.8 Å². The van der Waals surface area contributed by atoms with Crippen molar-refractivity contribution >= 4 is 11.7 Å². The third kappa shape index (κ3) is 5.66. The molecule has 0 saturated carbocycles. The number of hydrogen-bond donors (Lipinski definition) is 2. The number of nitrogens with zero attached hydrogens (tertiary/aromatic N) is 1. The SMILES string of the molecule is Cc1c(NC(=O)NC(C)c2ccncc2)cccc1OCC(F)(F)F. The molecule has 5 nitrogen and oxygen atoms in total. The van der Waals surface area contributed by atoms with Crippen molar-refractivity contribution in [1.29, 1.82) is 0 Å². The van der Waals surface area contributed by atoms with Crippen LogP contribution >= 0.6 is 0 Å². The number of hydrogen-bond acceptors (Lipinski definition) is 3. The van der Waals surface area contributed by atoms with E-state index in [2.05, 4.69) is 15.6 Å². The molecule has 0 bridgehead atoms. The molecule has 1 heterocycles. The standard InChI is InChI=1S/C17H18F3N3O2/c1-11-14(4-3-5-15(11)25-10-17(18,19)20)23-16(24)22-12(2)13-6-8-21-9-7-13/h3-9,12H,10H2,1-2H3,(H2,22,23,24). The van der Waals surface area contributed by atoms with E-state index in [1.807, 2.05) is 6.92 Å². The Hall–Kier alpha value is -2.77. The number of carbonyl (C=O) groups is 1. The van der Waals surface area contributed by atoms with Crippen LogP contribution in [0.1, 0.15) is 24.1 Å². The average Bonchev–Trinajstić information content (AvgIpc) is 2.55. The molecule has 1 aromatic heterocycles. The Morgan fingerprint density at radius 2 is 1.92 bits per heavy atom. The zero-order valence-electron chi connectivity index (χ0n) is 13.7. The van der Waals surface area contributed by atoms with Gasteiger partial charge in [-0.3, -0.25) is 4.98 Å². The van der Waals surface area contributed by atoms with Gasteiger partial charge in [0.05, 0.1) is 6.04 Å². The van der Waals surface area contributed by atoms with E-state index in [1.165, 1.54) is 12.1 Å². The summed E-state index contributed by atoms with van der Waals surface area (Å²) in [6, 6.07) is 7.36. The maximum atomic E-state index is 12.3. The topological polar surface area (TPSA) is 63.2 Å². The Morgan fingerprint density at radius 1 is 1.24 bits per heavy atom. The number of benzene rings is 1. The molecule has 1 aromatic carbocycles. The summed E-state index contributed by atoms with van der Waals surface area (Å²) in [4.78, 5) is 16.0. The fraction of sp³-hybridized carbons (Fsp3) is 0.294. The van der Waals surface area contributed by atoms with Gasteiger partial charge < -0.3 is 15.4 Å². The van der Waals surface area contributed by atoms with Crippen LogP contribution in [0.3, 0.4) is 0 Å². The predicted octanol–water partition coefficient (Wildman–Crippen LogP) is 4.21. The molecule has 1 unspecified atom stereocenters. The smallest absolute Gasteiger partial charge is 0.422 e. The number of halogens is 3. The Labute approximate surface area is 143 Å². The van der Waals surface area contributed by atoms with Crippen molar-refractivity contribution in [3.05, 3.63) is 53.9 Å². The Balaban J connectivity index is 2.01. The third-order valence-corrected chi connectivity index (χ3v) is 3.48. The van der Waals surface area contributed by atoms with E-state index in [4.69, 9.17) is 4.74 Å². The lowest BCUT2D eigenvalue weighted by Gasteiger charge is -2.17. The molecule has 2 aromatic rings. The maximum absolute atomic E-state index is 12.3. The number of alkyl halides is 3. The highest BCUT2D eigenvalue weighted by Gasteiger charge is 2.28. The van der Waals surface area contributed by atoms with Crippen LogP contribution in [0.5, 0.6) is 5.75 Å². The molecule has 0 aliphatic carbocycles. The Bertz CT molecular complexity index is 721. The first-order valence-electron chi connectivity index (χ1n) is 7.53. The van der Waals surface area contributed by atoms with Crippen LogP contribution < -0.4 is 15.4 Å². The van der Waals surface area contributed by atoms with Crippen LogP contribution in [0.25, 0.3) is 0 Å². The molecule has 2 rings (SSSR count). The van der Waals surface area contributed by atoms with E-state index >= 15 is 0 Å². The van der Waals surface area contributed by atoms with Crippen molar-refractivity contribution in [3.63, 3.8) is 0 Å². The van der Waals surface area contributed by atoms with Crippen molar-refractivity contribution in [2.45, 2.75) is 26.1 Å². The molecule has 8 heteroatoms. The minimum Gasteiger partial charge on any atom is -0.484 e. The summed E-state index contributed by atoms with van der Waals surface area (Å²) in [6.45, 7) is 2.00. The summed E-state index contributed by atoms with van der Waals surface area (Å²) in [6.07, 6.45) is -1.18. The molecule has 134 valence electrons. The minimum atomic E-state index is -4.42. The second-order valence-electron chi connectivity index (χ2n) is 5.43. The summed E-state index contributed by atoms with van der Waals surface area (Å²) in [5.74, 6) is 0.0670. The lowest BCUT2D eigenvalue weighted by molar-refractivity contribution is -0.153. The highest BCUT2D eigenvalue weighted by atomic mass is 19.4. The number of carbonyl (C=O) groups excluding carboxylic acids is 1. The number of rotatable bonds is 5. The van der Waals surface area contributed by atoms with Gasteiger partial charge in [0.1, 0.15) is 5.75 Å². The van der Waals surface area contributed by atoms with Crippen LogP contribution in [-0.2, 0) is 0 Å². The van der Waals surface area contributed by atoms with Gasteiger partial charge in [0.2, 0.25) is 0 Å². The molecule has 2 amide bonds. The van der Waals surface area contributed by atoms with Gasteiger partial charge in [-0.2, -0.15) is 13.2 Å². The zero-order valence-corrected chi connectivity index (χ0v) is 13.7. The monoisotopic (exact) mass is 353 g/mol. The molecule has 2 N–H and O–H groups in total. The van der Waals surface area contributed by atoms with E-state index in [0.717, 1.165) is 5.56 Å². The highest BCUT2D eigenvalue weighted by molar-refractivity contribution is 5.90.